The number of hydrogen-bond acceptors (Lipinski definition) is 8. The molecule has 0 amide bonds. The fraction of sp³-hybridized carbons (Fsp3) is 0.933. The molecule has 0 radical (unpaired) electrons. The van der Waals surface area contributed by atoms with Crippen LogP contribution < -0.4 is 5.32 Å². The molecule has 1 aliphatic rings. The normalized spacial score (nSPS) is 23.8. The highest BCUT2D eigenvalue weighted by molar-refractivity contribution is 8.22. The Hall–Kier alpha value is -0.0000000000000000971. The van der Waals surface area contributed by atoms with Crippen LogP contribution in [0, 0.1) is 0 Å². The van der Waals surface area contributed by atoms with Crippen LogP contribution in [-0.4, -0.2) is 95.9 Å². The average Bonchev–Trinajstić information content (AvgIpc) is 2.60. The monoisotopic (exact) mass is 383 g/mol. The molecule has 1 fully saturated rings. The average molecular weight is 384 g/mol. The predicted molar refractivity (Wildman–Crippen MR) is 98.0 cm³/mol. The van der Waals surface area contributed by atoms with Gasteiger partial charge in [0, 0.05) is 6.54 Å². The van der Waals surface area contributed by atoms with E-state index in [1.54, 1.807) is 0 Å². The summed E-state index contributed by atoms with van der Waals surface area (Å²) < 4.78 is 33.9. The summed E-state index contributed by atoms with van der Waals surface area (Å²) >= 11 is 6.64. The quantitative estimate of drug-likeness (QED) is 0.694. The molecule has 1 heterocycles. The zero-order valence-corrected chi connectivity index (χ0v) is 16.0. The van der Waals surface area contributed by atoms with Crippen molar-refractivity contribution in [3.63, 3.8) is 0 Å². The van der Waals surface area contributed by atoms with Gasteiger partial charge in [-0.2, -0.15) is 0 Å². The van der Waals surface area contributed by atoms with Crippen molar-refractivity contribution in [3.05, 3.63) is 0 Å². The van der Waals surface area contributed by atoms with Crippen LogP contribution in [-0.2, 0) is 28.4 Å². The third-order valence-electron chi connectivity index (χ3n) is 3.03. The van der Waals surface area contributed by atoms with E-state index in [2.05, 4.69) is 5.32 Å². The molecule has 0 bridgehead atoms. The van der Waals surface area contributed by atoms with Gasteiger partial charge in [-0.25, -0.2) is 0 Å². The van der Waals surface area contributed by atoms with Crippen molar-refractivity contribution in [2.75, 3.05) is 85.5 Å². The highest BCUT2D eigenvalue weighted by Crippen LogP contribution is 1.98. The lowest BCUT2D eigenvalue weighted by Gasteiger charge is -2.19. The molecule has 0 aliphatic carbocycles. The fourth-order valence-corrected chi connectivity index (χ4v) is 2.11. The molecule has 1 unspecified atom stereocenters. The Kier molecular flexibility index (Phi) is 15.1. The molecule has 1 N–H and O–H groups in total. The summed E-state index contributed by atoms with van der Waals surface area (Å²) in [5.74, 6) is 0. The van der Waals surface area contributed by atoms with Gasteiger partial charge in [-0.1, -0.05) is 12.2 Å². The number of rotatable bonds is 2. The molecule has 0 aromatic rings. The van der Waals surface area contributed by atoms with E-state index in [1.165, 1.54) is 11.8 Å². The fourth-order valence-electron chi connectivity index (χ4n) is 1.80. The van der Waals surface area contributed by atoms with Crippen molar-refractivity contribution in [2.24, 2.45) is 0 Å². The summed E-state index contributed by atoms with van der Waals surface area (Å²) in [5, 5.41) is 3.15. The molecule has 1 saturated heterocycles. The molecule has 0 saturated carbocycles. The second-order valence-corrected chi connectivity index (χ2v) is 6.37. The van der Waals surface area contributed by atoms with E-state index in [4.69, 9.17) is 40.6 Å². The first kappa shape index (κ1) is 22.0. The number of thioether (sulfide) groups is 1. The molecule has 0 aromatic heterocycles. The summed E-state index contributed by atoms with van der Waals surface area (Å²) in [5.41, 5.74) is 0. The predicted octanol–water partition coefficient (Wildman–Crippen LogP) is 0.706. The van der Waals surface area contributed by atoms with E-state index in [1.807, 2.05) is 6.26 Å². The minimum Gasteiger partial charge on any atom is -0.377 e. The standard InChI is InChI=1S/C15H29NO6S2/c1-24-15(23)16-12-14-13-21-9-8-19-5-4-17-2-3-18-6-7-20-10-11-22-14/h14H,2-13H2,1H3,(H,16,23). The number of thiocarbonyl (C=S) groups is 1. The first-order valence-electron chi connectivity index (χ1n) is 8.15. The van der Waals surface area contributed by atoms with Crippen molar-refractivity contribution in [1.29, 1.82) is 0 Å². The molecular weight excluding hydrogens is 354 g/mol. The molecular formula is C15H29NO6S2. The van der Waals surface area contributed by atoms with Gasteiger partial charge >= 0.3 is 0 Å². The molecule has 9 heteroatoms. The smallest absolute Gasteiger partial charge is 0.133 e. The highest BCUT2D eigenvalue weighted by Gasteiger charge is 2.10. The van der Waals surface area contributed by atoms with Crippen molar-refractivity contribution >= 4 is 28.3 Å². The first-order valence-corrected chi connectivity index (χ1v) is 9.78. The minimum absolute atomic E-state index is 0.0860. The third-order valence-corrected chi connectivity index (χ3v) is 4.19. The maximum absolute atomic E-state index is 5.80. The largest absolute Gasteiger partial charge is 0.377 e. The Balaban J connectivity index is 2.27. The molecule has 24 heavy (non-hydrogen) atoms. The molecule has 142 valence electrons. The van der Waals surface area contributed by atoms with E-state index < -0.39 is 0 Å². The van der Waals surface area contributed by atoms with Crippen LogP contribution in [0.15, 0.2) is 0 Å². The van der Waals surface area contributed by atoms with Gasteiger partial charge in [0.2, 0.25) is 0 Å². The maximum Gasteiger partial charge on any atom is 0.133 e. The van der Waals surface area contributed by atoms with Crippen LogP contribution in [0.5, 0.6) is 0 Å². The lowest BCUT2D eigenvalue weighted by atomic mass is 10.4. The van der Waals surface area contributed by atoms with E-state index in [-0.39, 0.29) is 6.10 Å². The second-order valence-electron chi connectivity index (χ2n) is 4.89. The minimum atomic E-state index is -0.0860. The SMILES string of the molecule is CSC(=S)NCC1COCCOCCOCCOCCOCCO1. The van der Waals surface area contributed by atoms with Crippen molar-refractivity contribution in [3.8, 4) is 0 Å². The maximum atomic E-state index is 5.80. The van der Waals surface area contributed by atoms with Crippen LogP contribution in [0.4, 0.5) is 0 Å². The van der Waals surface area contributed by atoms with Gasteiger partial charge in [-0.3, -0.25) is 0 Å². The first-order chi connectivity index (χ1) is 11.8. The Bertz CT molecular complexity index is 294. The Morgan fingerprint density at radius 2 is 1.29 bits per heavy atom. The van der Waals surface area contributed by atoms with Crippen molar-refractivity contribution < 1.29 is 28.4 Å². The summed E-state index contributed by atoms with van der Waals surface area (Å²) in [4.78, 5) is 0. The highest BCUT2D eigenvalue weighted by atomic mass is 32.2. The number of ether oxygens (including phenoxy) is 6. The van der Waals surface area contributed by atoms with Crippen LogP contribution in [0.2, 0.25) is 0 Å². The number of nitrogens with one attached hydrogen (secondary N) is 1. The van der Waals surface area contributed by atoms with Gasteiger partial charge in [0.15, 0.2) is 0 Å². The van der Waals surface area contributed by atoms with Crippen LogP contribution >= 0.6 is 24.0 Å². The molecule has 1 rings (SSSR count). The van der Waals surface area contributed by atoms with Crippen molar-refractivity contribution in [1.82, 2.24) is 5.32 Å². The van der Waals surface area contributed by atoms with Crippen molar-refractivity contribution in [2.45, 2.75) is 6.10 Å². The zero-order valence-electron chi connectivity index (χ0n) is 14.3. The molecule has 0 aromatic carbocycles. The molecule has 0 spiro atoms. The molecule has 7 nitrogen and oxygen atoms in total. The van der Waals surface area contributed by atoms with E-state index >= 15 is 0 Å². The van der Waals surface area contributed by atoms with Gasteiger partial charge in [-0.15, -0.1) is 11.8 Å². The Morgan fingerprint density at radius 3 is 1.79 bits per heavy atom. The zero-order chi connectivity index (χ0) is 17.3. The lowest BCUT2D eigenvalue weighted by Crippen LogP contribution is -2.35. The molecule has 1 aliphatic heterocycles. The van der Waals surface area contributed by atoms with Crippen LogP contribution in [0.25, 0.3) is 0 Å². The van der Waals surface area contributed by atoms with Gasteiger partial charge in [0.25, 0.3) is 0 Å². The number of hydrogen-bond donors (Lipinski definition) is 1. The summed E-state index contributed by atoms with van der Waals surface area (Å²) in [6, 6.07) is 0. The second kappa shape index (κ2) is 16.5. The summed E-state index contributed by atoms with van der Waals surface area (Å²) in [7, 11) is 0. The Morgan fingerprint density at radius 1 is 0.833 bits per heavy atom. The van der Waals surface area contributed by atoms with E-state index in [9.17, 15) is 0 Å². The van der Waals surface area contributed by atoms with Crippen LogP contribution in [0.1, 0.15) is 0 Å². The van der Waals surface area contributed by atoms with Gasteiger partial charge in [-0.05, 0) is 6.26 Å². The van der Waals surface area contributed by atoms with E-state index in [0.29, 0.717) is 79.2 Å². The van der Waals surface area contributed by atoms with Gasteiger partial charge in [0.1, 0.15) is 4.32 Å². The molecule has 1 atom stereocenters. The lowest BCUT2D eigenvalue weighted by molar-refractivity contribution is -0.0584. The summed E-state index contributed by atoms with van der Waals surface area (Å²) in [6.45, 7) is 6.49. The summed E-state index contributed by atoms with van der Waals surface area (Å²) in [6.07, 6.45) is 1.85. The third kappa shape index (κ3) is 13.3. The van der Waals surface area contributed by atoms with Gasteiger partial charge in [0.05, 0.1) is 78.8 Å². The topological polar surface area (TPSA) is 67.4 Å². The van der Waals surface area contributed by atoms with Crippen LogP contribution in [0.3, 0.4) is 0 Å². The van der Waals surface area contributed by atoms with E-state index in [0.717, 1.165) is 4.32 Å². The van der Waals surface area contributed by atoms with Gasteiger partial charge < -0.3 is 33.7 Å². The Labute approximate surface area is 154 Å².